The van der Waals surface area contributed by atoms with E-state index >= 15 is 0 Å². The second kappa shape index (κ2) is 7.43. The molecule has 90 valence electrons. The Kier molecular flexibility index (Phi) is 6.14. The van der Waals surface area contributed by atoms with Crippen molar-refractivity contribution >= 4 is 17.6 Å². The van der Waals surface area contributed by atoms with Crippen LogP contribution in [-0.4, -0.2) is 29.4 Å². The van der Waals surface area contributed by atoms with Crippen LogP contribution in [-0.2, 0) is 10.5 Å². The first kappa shape index (κ1) is 13.2. The lowest BCUT2D eigenvalue weighted by molar-refractivity contribution is 0.200. The van der Waals surface area contributed by atoms with Crippen molar-refractivity contribution in [2.45, 2.75) is 19.1 Å². The minimum atomic E-state index is 0.667. The number of anilines is 1. The summed E-state index contributed by atoms with van der Waals surface area (Å²) in [5.74, 6) is 8.66. The summed E-state index contributed by atoms with van der Waals surface area (Å²) in [6, 6.07) is 1.82. The lowest BCUT2D eigenvalue weighted by Gasteiger charge is -2.05. The zero-order valence-electron chi connectivity index (χ0n) is 9.69. The Bertz CT molecular complexity index is 322. The van der Waals surface area contributed by atoms with Gasteiger partial charge in [0.1, 0.15) is 11.6 Å². The predicted molar refractivity (Wildman–Crippen MR) is 67.2 cm³/mol. The molecule has 3 N–H and O–H groups in total. The molecule has 0 saturated heterocycles. The number of aryl methyl sites for hydroxylation is 1. The van der Waals surface area contributed by atoms with Crippen molar-refractivity contribution in [2.24, 2.45) is 5.84 Å². The number of thioether (sulfide) groups is 1. The van der Waals surface area contributed by atoms with Gasteiger partial charge in [-0.05, 0) is 19.1 Å². The van der Waals surface area contributed by atoms with Gasteiger partial charge in [0.15, 0.2) is 0 Å². The number of nitrogens with two attached hydrogens (primary N) is 1. The van der Waals surface area contributed by atoms with E-state index < -0.39 is 0 Å². The molecule has 0 atom stereocenters. The SMILES string of the molecule is COCCCSCc1nc(C)cc(NN)n1. The molecule has 0 aliphatic heterocycles. The van der Waals surface area contributed by atoms with Crippen molar-refractivity contribution in [3.8, 4) is 0 Å². The highest BCUT2D eigenvalue weighted by Crippen LogP contribution is 2.12. The molecule has 0 unspecified atom stereocenters. The van der Waals surface area contributed by atoms with Gasteiger partial charge in [-0.15, -0.1) is 0 Å². The summed E-state index contributed by atoms with van der Waals surface area (Å²) in [6.45, 7) is 2.74. The monoisotopic (exact) mass is 242 g/mol. The summed E-state index contributed by atoms with van der Waals surface area (Å²) in [7, 11) is 1.72. The van der Waals surface area contributed by atoms with Gasteiger partial charge >= 0.3 is 0 Å². The fourth-order valence-electron chi connectivity index (χ4n) is 1.24. The first-order valence-corrected chi connectivity index (χ1v) is 6.29. The molecule has 1 rings (SSSR count). The Morgan fingerprint density at radius 1 is 1.50 bits per heavy atom. The largest absolute Gasteiger partial charge is 0.385 e. The molecular formula is C10H18N4OS. The van der Waals surface area contributed by atoms with E-state index in [1.807, 2.05) is 13.0 Å². The number of nitrogen functional groups attached to an aromatic ring is 1. The van der Waals surface area contributed by atoms with Crippen molar-refractivity contribution in [2.75, 3.05) is 24.9 Å². The number of methoxy groups -OCH3 is 1. The number of hydrogen-bond donors (Lipinski definition) is 2. The Morgan fingerprint density at radius 3 is 3.00 bits per heavy atom. The Morgan fingerprint density at radius 2 is 2.31 bits per heavy atom. The average Bonchev–Trinajstić information content (AvgIpc) is 2.28. The maximum atomic E-state index is 5.32. The molecule has 0 aliphatic carbocycles. The number of nitrogens with one attached hydrogen (secondary N) is 1. The van der Waals surface area contributed by atoms with Gasteiger partial charge in [0.25, 0.3) is 0 Å². The van der Waals surface area contributed by atoms with Gasteiger partial charge in [-0.3, -0.25) is 0 Å². The number of rotatable bonds is 7. The molecule has 0 bridgehead atoms. The van der Waals surface area contributed by atoms with E-state index in [9.17, 15) is 0 Å². The van der Waals surface area contributed by atoms with Crippen LogP contribution in [0, 0.1) is 6.92 Å². The summed E-state index contributed by atoms with van der Waals surface area (Å²) in [5, 5.41) is 0. The van der Waals surface area contributed by atoms with E-state index in [4.69, 9.17) is 10.6 Å². The fraction of sp³-hybridized carbons (Fsp3) is 0.600. The third-order valence-electron chi connectivity index (χ3n) is 1.92. The number of hydrogen-bond acceptors (Lipinski definition) is 6. The third kappa shape index (κ3) is 4.78. The Balaban J connectivity index is 2.38. The van der Waals surface area contributed by atoms with Crippen LogP contribution >= 0.6 is 11.8 Å². The van der Waals surface area contributed by atoms with Gasteiger partial charge in [0.2, 0.25) is 0 Å². The first-order chi connectivity index (χ1) is 7.76. The third-order valence-corrected chi connectivity index (χ3v) is 2.96. The molecule has 5 nitrogen and oxygen atoms in total. The molecular weight excluding hydrogens is 224 g/mol. The molecule has 0 saturated carbocycles. The molecule has 0 fully saturated rings. The number of ether oxygens (including phenoxy) is 1. The molecule has 0 amide bonds. The van der Waals surface area contributed by atoms with Crippen molar-refractivity contribution in [1.82, 2.24) is 9.97 Å². The minimum Gasteiger partial charge on any atom is -0.385 e. The smallest absolute Gasteiger partial charge is 0.143 e. The molecule has 1 aromatic rings. The molecule has 1 heterocycles. The van der Waals surface area contributed by atoms with Crippen molar-refractivity contribution in [1.29, 1.82) is 0 Å². The quantitative estimate of drug-likeness (QED) is 0.427. The van der Waals surface area contributed by atoms with Crippen LogP contribution in [0.15, 0.2) is 6.07 Å². The Hall–Kier alpha value is -0.850. The number of hydrazine groups is 1. The van der Waals surface area contributed by atoms with E-state index in [-0.39, 0.29) is 0 Å². The number of aromatic nitrogens is 2. The summed E-state index contributed by atoms with van der Waals surface area (Å²) >= 11 is 1.80. The van der Waals surface area contributed by atoms with Crippen LogP contribution in [0.1, 0.15) is 17.9 Å². The lowest BCUT2D eigenvalue weighted by Crippen LogP contribution is -2.10. The van der Waals surface area contributed by atoms with Gasteiger partial charge in [-0.1, -0.05) is 0 Å². The lowest BCUT2D eigenvalue weighted by atomic mass is 10.4. The van der Waals surface area contributed by atoms with Crippen LogP contribution in [0.25, 0.3) is 0 Å². The fourth-order valence-corrected chi connectivity index (χ4v) is 2.02. The maximum Gasteiger partial charge on any atom is 0.143 e. The van der Waals surface area contributed by atoms with Crippen molar-refractivity contribution in [3.05, 3.63) is 17.6 Å². The molecule has 16 heavy (non-hydrogen) atoms. The summed E-state index contributed by atoms with van der Waals surface area (Å²) in [6.07, 6.45) is 1.05. The van der Waals surface area contributed by atoms with E-state index in [2.05, 4.69) is 15.4 Å². The predicted octanol–water partition coefficient (Wildman–Crippen LogP) is 1.34. The van der Waals surface area contributed by atoms with Crippen LogP contribution in [0.2, 0.25) is 0 Å². The zero-order chi connectivity index (χ0) is 11.8. The van der Waals surface area contributed by atoms with Crippen LogP contribution < -0.4 is 11.3 Å². The summed E-state index contributed by atoms with van der Waals surface area (Å²) in [4.78, 5) is 8.61. The molecule has 0 aliphatic rings. The molecule has 0 radical (unpaired) electrons. The Labute approximate surface area is 100 Å². The standard InChI is InChI=1S/C10H18N4OS/c1-8-6-9(14-11)13-10(12-8)7-16-5-3-4-15-2/h6H,3-5,7,11H2,1-2H3,(H,12,13,14). The van der Waals surface area contributed by atoms with Crippen LogP contribution in [0.3, 0.4) is 0 Å². The van der Waals surface area contributed by atoms with E-state index in [0.29, 0.717) is 5.82 Å². The topological polar surface area (TPSA) is 73.1 Å². The van der Waals surface area contributed by atoms with Crippen molar-refractivity contribution in [3.63, 3.8) is 0 Å². The van der Waals surface area contributed by atoms with Crippen molar-refractivity contribution < 1.29 is 4.74 Å². The van der Waals surface area contributed by atoms with E-state index in [0.717, 1.165) is 36.1 Å². The van der Waals surface area contributed by atoms with Gasteiger partial charge < -0.3 is 10.2 Å². The minimum absolute atomic E-state index is 0.667. The normalized spacial score (nSPS) is 10.4. The maximum absolute atomic E-state index is 5.32. The second-order valence-electron chi connectivity index (χ2n) is 3.35. The van der Waals surface area contributed by atoms with Crippen LogP contribution in [0.4, 0.5) is 5.82 Å². The highest BCUT2D eigenvalue weighted by Gasteiger charge is 2.01. The van der Waals surface area contributed by atoms with Gasteiger partial charge in [-0.2, -0.15) is 11.8 Å². The van der Waals surface area contributed by atoms with Crippen LogP contribution in [0.5, 0.6) is 0 Å². The van der Waals surface area contributed by atoms with E-state index in [1.165, 1.54) is 0 Å². The van der Waals surface area contributed by atoms with Gasteiger partial charge in [0, 0.05) is 25.5 Å². The zero-order valence-corrected chi connectivity index (χ0v) is 10.5. The molecule has 0 spiro atoms. The molecule has 1 aromatic heterocycles. The molecule has 0 aromatic carbocycles. The number of nitrogens with zero attached hydrogens (tertiary/aromatic N) is 2. The van der Waals surface area contributed by atoms with E-state index in [1.54, 1.807) is 18.9 Å². The summed E-state index contributed by atoms with van der Waals surface area (Å²) < 4.78 is 4.98. The highest BCUT2D eigenvalue weighted by atomic mass is 32.2. The first-order valence-electron chi connectivity index (χ1n) is 5.14. The van der Waals surface area contributed by atoms with Gasteiger partial charge in [-0.25, -0.2) is 15.8 Å². The average molecular weight is 242 g/mol. The second-order valence-corrected chi connectivity index (χ2v) is 4.46. The highest BCUT2D eigenvalue weighted by molar-refractivity contribution is 7.98. The van der Waals surface area contributed by atoms with Gasteiger partial charge in [0.05, 0.1) is 5.75 Å². The summed E-state index contributed by atoms with van der Waals surface area (Å²) in [5.41, 5.74) is 3.46. The molecule has 6 heteroatoms.